The van der Waals surface area contributed by atoms with Crippen LogP contribution in [0.4, 0.5) is 0 Å². The van der Waals surface area contributed by atoms with Crippen LogP contribution in [0.1, 0.15) is 51.9 Å². The van der Waals surface area contributed by atoms with Crippen LogP contribution in [0, 0.1) is 5.92 Å². The minimum atomic E-state index is 0.102. The summed E-state index contributed by atoms with van der Waals surface area (Å²) >= 11 is 0. The topological polar surface area (TPSA) is 35.5 Å². The van der Waals surface area contributed by atoms with Gasteiger partial charge in [-0.1, -0.05) is 32.6 Å². The Morgan fingerprint density at radius 1 is 1.22 bits per heavy atom. The molecule has 1 heterocycles. The Morgan fingerprint density at radius 2 is 2.00 bits per heavy atom. The van der Waals surface area contributed by atoms with Crippen LogP contribution in [-0.4, -0.2) is 48.3 Å². The molecule has 1 saturated heterocycles. The van der Waals surface area contributed by atoms with E-state index in [1.165, 1.54) is 44.9 Å². The Hall–Kier alpha value is -0.120. The first-order chi connectivity index (χ1) is 8.80. The Bertz CT molecular complexity index is 241. The van der Waals surface area contributed by atoms with Crippen LogP contribution in [0.25, 0.3) is 0 Å². The Morgan fingerprint density at radius 3 is 2.67 bits per heavy atom. The van der Waals surface area contributed by atoms with Crippen molar-refractivity contribution in [1.29, 1.82) is 0 Å². The molecule has 2 fully saturated rings. The molecule has 1 saturated carbocycles. The molecule has 0 aromatic rings. The molecule has 0 amide bonds. The maximum atomic E-state index is 9.97. The van der Waals surface area contributed by atoms with Gasteiger partial charge in [-0.25, -0.2) is 0 Å². The summed E-state index contributed by atoms with van der Waals surface area (Å²) < 4.78 is 0. The van der Waals surface area contributed by atoms with Gasteiger partial charge in [0.25, 0.3) is 0 Å². The van der Waals surface area contributed by atoms with Crippen LogP contribution in [-0.2, 0) is 0 Å². The quantitative estimate of drug-likeness (QED) is 0.753. The van der Waals surface area contributed by atoms with Crippen LogP contribution in [0.3, 0.4) is 0 Å². The van der Waals surface area contributed by atoms with Gasteiger partial charge in [-0.05, 0) is 25.2 Å². The lowest BCUT2D eigenvalue weighted by atomic mass is 9.87. The van der Waals surface area contributed by atoms with E-state index in [1.54, 1.807) is 0 Å². The minimum Gasteiger partial charge on any atom is -0.394 e. The number of hydrogen-bond acceptors (Lipinski definition) is 3. The first-order valence-electron chi connectivity index (χ1n) is 7.87. The highest BCUT2D eigenvalue weighted by Crippen LogP contribution is 2.36. The van der Waals surface area contributed by atoms with Crippen molar-refractivity contribution in [1.82, 2.24) is 10.2 Å². The molecule has 106 valence electrons. The molecule has 2 aliphatic rings. The number of aliphatic hydroxyl groups is 1. The summed E-state index contributed by atoms with van der Waals surface area (Å²) in [6, 6.07) is 0. The number of hydrogen-bond donors (Lipinski definition) is 2. The number of rotatable bonds is 4. The number of nitrogens with one attached hydrogen (secondary N) is 1. The monoisotopic (exact) mass is 254 g/mol. The zero-order valence-corrected chi connectivity index (χ0v) is 12.0. The van der Waals surface area contributed by atoms with Gasteiger partial charge in [0.2, 0.25) is 0 Å². The van der Waals surface area contributed by atoms with Gasteiger partial charge < -0.3 is 10.4 Å². The lowest BCUT2D eigenvalue weighted by Crippen LogP contribution is -2.58. The number of aliphatic hydroxyl groups excluding tert-OH is 1. The smallest absolute Gasteiger partial charge is 0.0615 e. The molecule has 3 nitrogen and oxygen atoms in total. The van der Waals surface area contributed by atoms with Gasteiger partial charge in [0.1, 0.15) is 0 Å². The Labute approximate surface area is 112 Å². The molecule has 0 aromatic carbocycles. The van der Waals surface area contributed by atoms with Crippen LogP contribution in [0.2, 0.25) is 0 Å². The summed E-state index contributed by atoms with van der Waals surface area (Å²) in [6.07, 6.45) is 9.08. The fraction of sp³-hybridized carbons (Fsp3) is 1.00. The average Bonchev–Trinajstić information content (AvgIpc) is 2.64. The molecule has 18 heavy (non-hydrogen) atoms. The molecule has 1 aliphatic heterocycles. The predicted molar refractivity (Wildman–Crippen MR) is 75.7 cm³/mol. The molecule has 0 spiro atoms. The van der Waals surface area contributed by atoms with Gasteiger partial charge in [-0.15, -0.1) is 0 Å². The van der Waals surface area contributed by atoms with Gasteiger partial charge in [0, 0.05) is 31.7 Å². The van der Waals surface area contributed by atoms with Crippen molar-refractivity contribution >= 4 is 0 Å². The third-order valence-corrected chi connectivity index (χ3v) is 5.05. The summed E-state index contributed by atoms with van der Waals surface area (Å²) in [7, 11) is 0. The van der Waals surface area contributed by atoms with Crippen molar-refractivity contribution in [2.24, 2.45) is 5.92 Å². The largest absolute Gasteiger partial charge is 0.394 e. The van der Waals surface area contributed by atoms with Gasteiger partial charge in [-0.2, -0.15) is 0 Å². The van der Waals surface area contributed by atoms with Gasteiger partial charge in [0.05, 0.1) is 6.61 Å². The zero-order valence-electron chi connectivity index (χ0n) is 12.0. The van der Waals surface area contributed by atoms with Crippen LogP contribution < -0.4 is 5.32 Å². The standard InChI is InChI=1S/C15H30N2O/c1-2-4-14-5-3-7-15(13-18,8-6-14)17-11-9-16-10-12-17/h14,16,18H,2-13H2,1H3. The van der Waals surface area contributed by atoms with Gasteiger partial charge in [-0.3, -0.25) is 4.90 Å². The molecule has 2 rings (SSSR count). The van der Waals surface area contributed by atoms with Crippen LogP contribution >= 0.6 is 0 Å². The normalized spacial score (nSPS) is 35.3. The predicted octanol–water partition coefficient (Wildman–Crippen LogP) is 2.00. The third kappa shape index (κ3) is 3.25. The van der Waals surface area contributed by atoms with Crippen LogP contribution in [0.5, 0.6) is 0 Å². The maximum Gasteiger partial charge on any atom is 0.0615 e. The molecule has 0 radical (unpaired) electrons. The van der Waals surface area contributed by atoms with E-state index in [9.17, 15) is 5.11 Å². The van der Waals surface area contributed by atoms with Crippen molar-refractivity contribution in [3.63, 3.8) is 0 Å². The first-order valence-corrected chi connectivity index (χ1v) is 7.87. The van der Waals surface area contributed by atoms with Crippen molar-refractivity contribution in [3.05, 3.63) is 0 Å². The van der Waals surface area contributed by atoms with Crippen LogP contribution in [0.15, 0.2) is 0 Å². The molecule has 2 N–H and O–H groups in total. The van der Waals surface area contributed by atoms with Crippen molar-refractivity contribution < 1.29 is 5.11 Å². The Balaban J connectivity index is 1.98. The molecular weight excluding hydrogens is 224 g/mol. The van der Waals surface area contributed by atoms with E-state index < -0.39 is 0 Å². The third-order valence-electron chi connectivity index (χ3n) is 5.05. The lowest BCUT2D eigenvalue weighted by molar-refractivity contribution is 0.00813. The van der Waals surface area contributed by atoms with E-state index in [0.29, 0.717) is 6.61 Å². The highest BCUT2D eigenvalue weighted by molar-refractivity contribution is 4.94. The second-order valence-corrected chi connectivity index (χ2v) is 6.21. The van der Waals surface area contributed by atoms with E-state index in [0.717, 1.165) is 32.1 Å². The molecule has 3 heteroatoms. The summed E-state index contributed by atoms with van der Waals surface area (Å²) in [6.45, 7) is 7.03. The molecule has 0 bridgehead atoms. The van der Waals surface area contributed by atoms with Gasteiger partial charge in [0.15, 0.2) is 0 Å². The second kappa shape index (κ2) is 6.88. The average molecular weight is 254 g/mol. The molecule has 0 aromatic heterocycles. The fourth-order valence-electron chi connectivity index (χ4n) is 3.87. The molecule has 2 atom stereocenters. The highest BCUT2D eigenvalue weighted by Gasteiger charge is 2.38. The summed E-state index contributed by atoms with van der Waals surface area (Å²) in [4.78, 5) is 2.57. The molecular formula is C15H30N2O. The van der Waals surface area contributed by atoms with E-state index in [4.69, 9.17) is 0 Å². The number of piperazine rings is 1. The van der Waals surface area contributed by atoms with Crippen molar-refractivity contribution in [2.45, 2.75) is 57.4 Å². The summed E-state index contributed by atoms with van der Waals surface area (Å²) in [5.74, 6) is 0.909. The molecule has 1 aliphatic carbocycles. The summed E-state index contributed by atoms with van der Waals surface area (Å²) in [5, 5.41) is 13.4. The van der Waals surface area contributed by atoms with Gasteiger partial charge >= 0.3 is 0 Å². The zero-order chi connectivity index (χ0) is 12.8. The summed E-state index contributed by atoms with van der Waals surface area (Å²) in [5.41, 5.74) is 0.102. The second-order valence-electron chi connectivity index (χ2n) is 6.21. The molecule has 2 unspecified atom stereocenters. The highest BCUT2D eigenvalue weighted by atomic mass is 16.3. The Kier molecular flexibility index (Phi) is 5.46. The first kappa shape index (κ1) is 14.3. The van der Waals surface area contributed by atoms with E-state index in [-0.39, 0.29) is 5.54 Å². The van der Waals surface area contributed by atoms with E-state index in [2.05, 4.69) is 17.1 Å². The maximum absolute atomic E-state index is 9.97. The fourth-order valence-corrected chi connectivity index (χ4v) is 3.87. The van der Waals surface area contributed by atoms with E-state index >= 15 is 0 Å². The lowest BCUT2D eigenvalue weighted by Gasteiger charge is -2.45. The minimum absolute atomic E-state index is 0.102. The van der Waals surface area contributed by atoms with Crippen molar-refractivity contribution in [2.75, 3.05) is 32.8 Å². The van der Waals surface area contributed by atoms with E-state index in [1.807, 2.05) is 0 Å². The number of nitrogens with zero attached hydrogens (tertiary/aromatic N) is 1. The SMILES string of the molecule is CCCC1CCCC(CO)(N2CCNCC2)CC1. The van der Waals surface area contributed by atoms with Crippen molar-refractivity contribution in [3.8, 4) is 0 Å².